The van der Waals surface area contributed by atoms with Crippen LogP contribution in [0.4, 0.5) is 0 Å². The fourth-order valence-electron chi connectivity index (χ4n) is 4.22. The molecule has 0 radical (unpaired) electrons. The number of aryl methyl sites for hydroxylation is 2. The Morgan fingerprint density at radius 3 is 2.10 bits per heavy atom. The van der Waals surface area contributed by atoms with Crippen molar-refractivity contribution >= 4 is 17.8 Å². The van der Waals surface area contributed by atoms with Crippen LogP contribution in [-0.4, -0.2) is 40.2 Å². The molecule has 1 aromatic heterocycles. The van der Waals surface area contributed by atoms with Gasteiger partial charge in [-0.3, -0.25) is 23.7 Å². The molecule has 0 unspecified atom stereocenters. The molecule has 220 valence electrons. The number of unbranched alkanes of at least 4 members (excludes halogenated alkanes) is 2. The molecule has 0 spiro atoms. The quantitative estimate of drug-likeness (QED) is 0.183. The third-order valence-electron chi connectivity index (χ3n) is 6.57. The van der Waals surface area contributed by atoms with Crippen molar-refractivity contribution in [1.29, 1.82) is 0 Å². The minimum atomic E-state index is -0.824. The molecule has 2 aromatic carbocycles. The summed E-state index contributed by atoms with van der Waals surface area (Å²) in [5.74, 6) is 3.66. The van der Waals surface area contributed by atoms with E-state index in [-0.39, 0.29) is 37.3 Å². The highest BCUT2D eigenvalue weighted by Gasteiger charge is 2.20. The molecule has 1 heterocycles. The standard InChI is InChI=1S/C33H36N2O7/c1-4-5-7-10-26-13-15-27(16-14-26)17-18-30-21-34(20-19-28(22-41-24(2)36)23-42-25(3)37)33(40)35(32(30)39)31(38)29-11-8-6-9-12-29/h6,8-9,11-16,21,28H,4-5,7,10,19-20,22-23H2,1-3H3. The minimum Gasteiger partial charge on any atom is -0.465 e. The molecule has 0 amide bonds. The van der Waals surface area contributed by atoms with E-state index in [0.717, 1.165) is 19.3 Å². The van der Waals surface area contributed by atoms with Crippen molar-refractivity contribution in [2.24, 2.45) is 5.92 Å². The third kappa shape index (κ3) is 9.44. The van der Waals surface area contributed by atoms with Gasteiger partial charge in [-0.05, 0) is 49.1 Å². The Balaban J connectivity index is 1.97. The molecule has 0 aliphatic carbocycles. The number of ether oxygens (including phenoxy) is 2. The van der Waals surface area contributed by atoms with Crippen molar-refractivity contribution in [2.75, 3.05) is 13.2 Å². The fraction of sp³-hybridized carbons (Fsp3) is 0.364. The lowest BCUT2D eigenvalue weighted by Crippen LogP contribution is -2.45. The smallest absolute Gasteiger partial charge is 0.338 e. The van der Waals surface area contributed by atoms with Gasteiger partial charge in [-0.1, -0.05) is 61.9 Å². The summed E-state index contributed by atoms with van der Waals surface area (Å²) in [5, 5.41) is 0. The first kappa shape index (κ1) is 31.8. The molecular weight excluding hydrogens is 536 g/mol. The van der Waals surface area contributed by atoms with E-state index in [9.17, 15) is 24.0 Å². The third-order valence-corrected chi connectivity index (χ3v) is 6.57. The van der Waals surface area contributed by atoms with E-state index in [1.165, 1.54) is 48.7 Å². The number of hydrogen-bond donors (Lipinski definition) is 0. The van der Waals surface area contributed by atoms with Crippen LogP contribution in [0.5, 0.6) is 0 Å². The number of carbonyl (C=O) groups is 3. The van der Waals surface area contributed by atoms with Gasteiger partial charge in [0, 0.05) is 43.6 Å². The maximum absolute atomic E-state index is 13.4. The summed E-state index contributed by atoms with van der Waals surface area (Å²) in [4.78, 5) is 62.8. The summed E-state index contributed by atoms with van der Waals surface area (Å²) in [5.41, 5.74) is 0.405. The van der Waals surface area contributed by atoms with Crippen LogP contribution in [0.1, 0.15) is 73.5 Å². The predicted molar refractivity (Wildman–Crippen MR) is 158 cm³/mol. The van der Waals surface area contributed by atoms with Gasteiger partial charge in [0.05, 0.1) is 13.2 Å². The van der Waals surface area contributed by atoms with Crippen molar-refractivity contribution in [3.8, 4) is 11.8 Å². The van der Waals surface area contributed by atoms with E-state index in [0.29, 0.717) is 10.1 Å². The molecule has 0 bridgehead atoms. The molecular formula is C33H36N2O7. The lowest BCUT2D eigenvalue weighted by atomic mass is 10.1. The van der Waals surface area contributed by atoms with E-state index in [1.807, 2.05) is 24.3 Å². The normalized spacial score (nSPS) is 10.6. The van der Waals surface area contributed by atoms with E-state index in [1.54, 1.807) is 18.2 Å². The molecule has 0 fully saturated rings. The molecule has 0 aliphatic heterocycles. The fourth-order valence-corrected chi connectivity index (χ4v) is 4.22. The Hall–Kier alpha value is -4.71. The number of carbonyl (C=O) groups excluding carboxylic acids is 3. The number of nitrogens with zero attached hydrogens (tertiary/aromatic N) is 2. The first-order chi connectivity index (χ1) is 20.2. The second-order valence-electron chi connectivity index (χ2n) is 9.99. The van der Waals surface area contributed by atoms with Gasteiger partial charge in [0.15, 0.2) is 0 Å². The maximum Gasteiger partial charge on any atom is 0.338 e. The summed E-state index contributed by atoms with van der Waals surface area (Å²) in [6, 6.07) is 15.8. The van der Waals surface area contributed by atoms with Gasteiger partial charge in [-0.25, -0.2) is 4.79 Å². The second-order valence-corrected chi connectivity index (χ2v) is 9.99. The zero-order valence-corrected chi connectivity index (χ0v) is 24.3. The van der Waals surface area contributed by atoms with E-state index < -0.39 is 35.0 Å². The number of esters is 2. The van der Waals surface area contributed by atoms with Crippen LogP contribution >= 0.6 is 0 Å². The van der Waals surface area contributed by atoms with Gasteiger partial charge < -0.3 is 9.47 Å². The minimum absolute atomic E-state index is 0.0255. The molecule has 9 nitrogen and oxygen atoms in total. The van der Waals surface area contributed by atoms with Crippen molar-refractivity contribution in [2.45, 2.75) is 59.4 Å². The average molecular weight is 573 g/mol. The summed E-state index contributed by atoms with van der Waals surface area (Å²) >= 11 is 0. The first-order valence-electron chi connectivity index (χ1n) is 14.0. The molecule has 9 heteroatoms. The highest BCUT2D eigenvalue weighted by atomic mass is 16.5. The van der Waals surface area contributed by atoms with Gasteiger partial charge in [-0.2, -0.15) is 4.57 Å². The summed E-state index contributed by atoms with van der Waals surface area (Å²) in [6.45, 7) is 4.69. The van der Waals surface area contributed by atoms with Crippen molar-refractivity contribution in [3.05, 3.63) is 104 Å². The molecule has 3 aromatic rings. The summed E-state index contributed by atoms with van der Waals surface area (Å²) < 4.78 is 12.0. The van der Waals surface area contributed by atoms with Crippen LogP contribution < -0.4 is 11.2 Å². The zero-order chi connectivity index (χ0) is 30.5. The average Bonchev–Trinajstić information content (AvgIpc) is 2.98. The Labute approximate surface area is 245 Å². The van der Waals surface area contributed by atoms with Crippen molar-refractivity contribution in [3.63, 3.8) is 0 Å². The van der Waals surface area contributed by atoms with E-state index in [4.69, 9.17) is 9.47 Å². The Morgan fingerprint density at radius 2 is 1.50 bits per heavy atom. The van der Waals surface area contributed by atoms with Crippen LogP contribution in [0.2, 0.25) is 0 Å². The Kier molecular flexibility index (Phi) is 12.1. The summed E-state index contributed by atoms with van der Waals surface area (Å²) in [7, 11) is 0. The topological polar surface area (TPSA) is 114 Å². The molecule has 0 N–H and O–H groups in total. The van der Waals surface area contributed by atoms with Gasteiger partial charge in [-0.15, -0.1) is 0 Å². The first-order valence-corrected chi connectivity index (χ1v) is 14.0. The lowest BCUT2D eigenvalue weighted by molar-refractivity contribution is -0.146. The number of hydrogen-bond acceptors (Lipinski definition) is 7. The Morgan fingerprint density at radius 1 is 0.857 bits per heavy atom. The highest BCUT2D eigenvalue weighted by Crippen LogP contribution is 2.10. The van der Waals surface area contributed by atoms with E-state index >= 15 is 0 Å². The molecule has 42 heavy (non-hydrogen) atoms. The zero-order valence-electron chi connectivity index (χ0n) is 24.3. The van der Waals surface area contributed by atoms with Gasteiger partial charge in [0.25, 0.3) is 11.5 Å². The largest absolute Gasteiger partial charge is 0.465 e. The van der Waals surface area contributed by atoms with Crippen LogP contribution in [0.25, 0.3) is 0 Å². The van der Waals surface area contributed by atoms with Crippen molar-refractivity contribution in [1.82, 2.24) is 9.13 Å². The molecule has 0 aliphatic rings. The number of benzene rings is 2. The van der Waals surface area contributed by atoms with Crippen LogP contribution in [0.3, 0.4) is 0 Å². The van der Waals surface area contributed by atoms with E-state index in [2.05, 4.69) is 18.8 Å². The predicted octanol–water partition coefficient (Wildman–Crippen LogP) is 3.96. The number of rotatable bonds is 12. The monoisotopic (exact) mass is 572 g/mol. The van der Waals surface area contributed by atoms with Crippen LogP contribution in [0.15, 0.2) is 70.4 Å². The summed E-state index contributed by atoms with van der Waals surface area (Å²) in [6.07, 6.45) is 5.99. The number of aromatic nitrogens is 2. The Bertz CT molecular complexity index is 1540. The van der Waals surface area contributed by atoms with Gasteiger partial charge >= 0.3 is 17.6 Å². The van der Waals surface area contributed by atoms with Crippen molar-refractivity contribution < 1.29 is 23.9 Å². The molecule has 3 rings (SSSR count). The molecule has 0 saturated heterocycles. The highest BCUT2D eigenvalue weighted by molar-refractivity contribution is 5.95. The van der Waals surface area contributed by atoms with Gasteiger partial charge in [0.1, 0.15) is 5.56 Å². The molecule has 0 atom stereocenters. The van der Waals surface area contributed by atoms with Crippen LogP contribution in [-0.2, 0) is 32.0 Å². The van der Waals surface area contributed by atoms with Crippen LogP contribution in [0, 0.1) is 17.8 Å². The SMILES string of the molecule is CCCCCc1ccc(C#Cc2cn(CCC(COC(C)=O)COC(C)=O)c(=O)n(C(=O)c3ccccc3)c2=O)cc1. The maximum atomic E-state index is 13.4. The van der Waals surface area contributed by atoms with Gasteiger partial charge in [0.2, 0.25) is 0 Å². The second kappa shape index (κ2) is 15.9. The molecule has 0 saturated carbocycles. The lowest BCUT2D eigenvalue weighted by Gasteiger charge is -2.17.